The van der Waals surface area contributed by atoms with Gasteiger partial charge in [-0.1, -0.05) is 0 Å². The van der Waals surface area contributed by atoms with Crippen LogP contribution in [0.25, 0.3) is 0 Å². The maximum Gasteiger partial charge on any atom is 0.222 e. The zero-order valence-electron chi connectivity index (χ0n) is 9.89. The molecule has 0 unspecified atom stereocenters. The molecule has 1 aromatic rings. The molecule has 1 heterocycles. The summed E-state index contributed by atoms with van der Waals surface area (Å²) in [6, 6.07) is 0. The molecule has 0 saturated carbocycles. The molecule has 0 aromatic carbocycles. The quantitative estimate of drug-likeness (QED) is 0.752. The van der Waals surface area contributed by atoms with Gasteiger partial charge in [-0.25, -0.2) is 0 Å². The number of aliphatic hydroxyl groups is 1. The fourth-order valence-electron chi connectivity index (χ4n) is 1.59. The fraction of sp³-hybridized carbons (Fsp3) is 0.636. The molecule has 0 aliphatic heterocycles. The molecule has 5 heteroatoms. The molecule has 0 radical (unpaired) electrons. The van der Waals surface area contributed by atoms with Gasteiger partial charge in [0.1, 0.15) is 0 Å². The monoisotopic (exact) mass is 225 g/mol. The van der Waals surface area contributed by atoms with Crippen LogP contribution in [0.2, 0.25) is 0 Å². The fourth-order valence-corrected chi connectivity index (χ4v) is 1.59. The maximum atomic E-state index is 11.7. The molecule has 0 spiro atoms. The minimum atomic E-state index is 0.0203. The number of rotatable bonds is 6. The van der Waals surface area contributed by atoms with Crippen molar-refractivity contribution in [1.29, 1.82) is 0 Å². The van der Waals surface area contributed by atoms with Crippen molar-refractivity contribution in [2.45, 2.75) is 19.8 Å². The molecule has 1 rings (SSSR count). The van der Waals surface area contributed by atoms with Gasteiger partial charge in [-0.2, -0.15) is 5.10 Å². The molecule has 0 bridgehead atoms. The Morgan fingerprint density at radius 3 is 2.88 bits per heavy atom. The first kappa shape index (κ1) is 12.7. The van der Waals surface area contributed by atoms with Gasteiger partial charge < -0.3 is 10.0 Å². The van der Waals surface area contributed by atoms with E-state index in [1.54, 1.807) is 15.8 Å². The minimum absolute atomic E-state index is 0.0203. The summed E-state index contributed by atoms with van der Waals surface area (Å²) in [6.45, 7) is 3.00. The van der Waals surface area contributed by atoms with Gasteiger partial charge in [0.15, 0.2) is 0 Å². The van der Waals surface area contributed by atoms with Crippen molar-refractivity contribution in [2.75, 3.05) is 19.7 Å². The van der Waals surface area contributed by atoms with Crippen molar-refractivity contribution in [3.05, 3.63) is 18.0 Å². The van der Waals surface area contributed by atoms with Crippen LogP contribution in [0.1, 0.15) is 18.9 Å². The molecule has 1 amide bonds. The molecule has 0 aliphatic carbocycles. The van der Waals surface area contributed by atoms with Gasteiger partial charge in [-0.3, -0.25) is 9.48 Å². The van der Waals surface area contributed by atoms with Crippen LogP contribution < -0.4 is 0 Å². The summed E-state index contributed by atoms with van der Waals surface area (Å²) < 4.78 is 1.73. The van der Waals surface area contributed by atoms with E-state index in [1.165, 1.54) is 0 Å². The predicted octanol–water partition coefficient (Wildman–Crippen LogP) is 0.193. The first-order valence-electron chi connectivity index (χ1n) is 5.53. The molecule has 0 atom stereocenters. The molecule has 1 N–H and O–H groups in total. The third-order valence-corrected chi connectivity index (χ3v) is 2.49. The zero-order valence-corrected chi connectivity index (χ0v) is 9.89. The number of nitrogens with zero attached hydrogens (tertiary/aromatic N) is 3. The van der Waals surface area contributed by atoms with Crippen LogP contribution in [0.5, 0.6) is 0 Å². The summed E-state index contributed by atoms with van der Waals surface area (Å²) in [6.07, 6.45) is 4.86. The van der Waals surface area contributed by atoms with E-state index in [1.807, 2.05) is 20.2 Å². The van der Waals surface area contributed by atoms with Gasteiger partial charge in [0.05, 0.1) is 12.8 Å². The first-order valence-corrected chi connectivity index (χ1v) is 5.53. The standard InChI is InChI=1S/C11H19N3O2/c1-3-14(6-7-15)11(16)5-4-10-8-12-13(2)9-10/h8-9,15H,3-7H2,1-2H3. The lowest BCUT2D eigenvalue weighted by atomic mass is 10.2. The van der Waals surface area contributed by atoms with E-state index in [4.69, 9.17) is 5.11 Å². The van der Waals surface area contributed by atoms with Crippen LogP contribution in [-0.2, 0) is 18.3 Å². The highest BCUT2D eigenvalue weighted by molar-refractivity contribution is 5.76. The average Bonchev–Trinajstić information content (AvgIpc) is 2.68. The Balaban J connectivity index is 2.39. The zero-order chi connectivity index (χ0) is 12.0. The van der Waals surface area contributed by atoms with E-state index in [2.05, 4.69) is 5.10 Å². The summed E-state index contributed by atoms with van der Waals surface area (Å²) in [5.41, 5.74) is 1.07. The number of aromatic nitrogens is 2. The van der Waals surface area contributed by atoms with Crippen molar-refractivity contribution in [3.8, 4) is 0 Å². The second-order valence-electron chi connectivity index (χ2n) is 3.72. The van der Waals surface area contributed by atoms with Gasteiger partial charge in [-0.15, -0.1) is 0 Å². The number of likely N-dealkylation sites (N-methyl/N-ethyl adjacent to an activating group) is 1. The van der Waals surface area contributed by atoms with Crippen LogP contribution in [0, 0.1) is 0 Å². The second-order valence-corrected chi connectivity index (χ2v) is 3.72. The highest BCUT2D eigenvalue weighted by Crippen LogP contribution is 2.03. The number of amides is 1. The van der Waals surface area contributed by atoms with Gasteiger partial charge in [0.25, 0.3) is 0 Å². The van der Waals surface area contributed by atoms with E-state index >= 15 is 0 Å². The number of carbonyl (C=O) groups excluding carboxylic acids is 1. The Morgan fingerprint density at radius 2 is 2.38 bits per heavy atom. The van der Waals surface area contributed by atoms with E-state index in [-0.39, 0.29) is 12.5 Å². The summed E-state index contributed by atoms with van der Waals surface area (Å²) in [7, 11) is 1.86. The van der Waals surface area contributed by atoms with E-state index in [0.29, 0.717) is 25.9 Å². The van der Waals surface area contributed by atoms with Gasteiger partial charge in [0.2, 0.25) is 5.91 Å². The molecular weight excluding hydrogens is 206 g/mol. The Hall–Kier alpha value is -1.36. The van der Waals surface area contributed by atoms with Crippen molar-refractivity contribution in [1.82, 2.24) is 14.7 Å². The summed E-state index contributed by atoms with van der Waals surface area (Å²) >= 11 is 0. The van der Waals surface area contributed by atoms with Crippen molar-refractivity contribution < 1.29 is 9.90 Å². The van der Waals surface area contributed by atoms with Gasteiger partial charge in [0, 0.05) is 32.8 Å². The molecule has 5 nitrogen and oxygen atoms in total. The van der Waals surface area contributed by atoms with Crippen molar-refractivity contribution in [2.24, 2.45) is 7.05 Å². The summed E-state index contributed by atoms with van der Waals surface area (Å²) in [5, 5.41) is 12.8. The lowest BCUT2D eigenvalue weighted by Crippen LogP contribution is -2.33. The van der Waals surface area contributed by atoms with Gasteiger partial charge in [-0.05, 0) is 18.9 Å². The van der Waals surface area contributed by atoms with E-state index < -0.39 is 0 Å². The highest BCUT2D eigenvalue weighted by Gasteiger charge is 2.10. The van der Waals surface area contributed by atoms with Crippen LogP contribution >= 0.6 is 0 Å². The molecular formula is C11H19N3O2. The highest BCUT2D eigenvalue weighted by atomic mass is 16.3. The summed E-state index contributed by atoms with van der Waals surface area (Å²) in [5.74, 6) is 0.0837. The van der Waals surface area contributed by atoms with Crippen LogP contribution in [-0.4, -0.2) is 45.4 Å². The van der Waals surface area contributed by atoms with E-state index in [0.717, 1.165) is 5.56 Å². The number of hydrogen-bond donors (Lipinski definition) is 1. The second kappa shape index (κ2) is 6.27. The van der Waals surface area contributed by atoms with Crippen LogP contribution in [0.4, 0.5) is 0 Å². The Kier molecular flexibility index (Phi) is 4.98. The molecule has 0 aliphatic rings. The lowest BCUT2D eigenvalue weighted by molar-refractivity contribution is -0.131. The molecule has 0 saturated heterocycles. The molecule has 0 fully saturated rings. The number of aryl methyl sites for hydroxylation is 2. The smallest absolute Gasteiger partial charge is 0.222 e. The maximum absolute atomic E-state index is 11.7. The molecule has 16 heavy (non-hydrogen) atoms. The molecule has 90 valence electrons. The largest absolute Gasteiger partial charge is 0.395 e. The summed E-state index contributed by atoms with van der Waals surface area (Å²) in [4.78, 5) is 13.4. The third-order valence-electron chi connectivity index (χ3n) is 2.49. The normalized spacial score (nSPS) is 10.4. The average molecular weight is 225 g/mol. The number of hydrogen-bond acceptors (Lipinski definition) is 3. The predicted molar refractivity (Wildman–Crippen MR) is 60.9 cm³/mol. The Morgan fingerprint density at radius 1 is 1.62 bits per heavy atom. The minimum Gasteiger partial charge on any atom is -0.395 e. The van der Waals surface area contributed by atoms with Crippen molar-refractivity contribution >= 4 is 5.91 Å². The lowest BCUT2D eigenvalue weighted by Gasteiger charge is -2.19. The SMILES string of the molecule is CCN(CCO)C(=O)CCc1cnn(C)c1. The topological polar surface area (TPSA) is 58.4 Å². The Labute approximate surface area is 95.7 Å². The van der Waals surface area contributed by atoms with Crippen molar-refractivity contribution in [3.63, 3.8) is 0 Å². The van der Waals surface area contributed by atoms with E-state index in [9.17, 15) is 4.79 Å². The first-order chi connectivity index (χ1) is 7.67. The van der Waals surface area contributed by atoms with Crippen LogP contribution in [0.15, 0.2) is 12.4 Å². The Bertz CT molecular complexity index is 336. The van der Waals surface area contributed by atoms with Crippen LogP contribution in [0.3, 0.4) is 0 Å². The number of carbonyl (C=O) groups is 1. The van der Waals surface area contributed by atoms with Gasteiger partial charge >= 0.3 is 0 Å². The molecule has 1 aromatic heterocycles. The third kappa shape index (κ3) is 3.66. The number of aliphatic hydroxyl groups excluding tert-OH is 1.